The molecule has 4 heteroatoms. The molecule has 0 amide bonds. The first-order valence-corrected chi connectivity index (χ1v) is 5.78. The number of nitrogens with zero attached hydrogens (tertiary/aromatic N) is 3. The largest absolute Gasteiger partial charge is 0.313 e. The maximum absolute atomic E-state index is 4.27. The highest BCUT2D eigenvalue weighted by Crippen LogP contribution is 2.20. The van der Waals surface area contributed by atoms with Gasteiger partial charge in [-0.05, 0) is 25.1 Å². The molecule has 0 radical (unpaired) electrons. The van der Waals surface area contributed by atoms with Crippen molar-refractivity contribution < 1.29 is 0 Å². The predicted molar refractivity (Wildman–Crippen MR) is 67.7 cm³/mol. The van der Waals surface area contributed by atoms with Gasteiger partial charge in [-0.15, -0.1) is 0 Å². The Hall–Kier alpha value is -1.68. The van der Waals surface area contributed by atoms with Crippen LogP contribution >= 0.6 is 0 Å². The summed E-state index contributed by atoms with van der Waals surface area (Å²) in [5.41, 5.74) is 2.62. The number of aromatic nitrogens is 3. The molecule has 0 saturated carbocycles. The van der Waals surface area contributed by atoms with Crippen LogP contribution in [0.15, 0.2) is 30.6 Å². The Morgan fingerprint density at radius 2 is 2.12 bits per heavy atom. The topological polar surface area (TPSA) is 42.7 Å². The molecule has 1 unspecified atom stereocenters. The van der Waals surface area contributed by atoms with Crippen LogP contribution in [0.5, 0.6) is 0 Å². The third-order valence-corrected chi connectivity index (χ3v) is 3.10. The summed E-state index contributed by atoms with van der Waals surface area (Å²) < 4.78 is 1.82. The quantitative estimate of drug-likeness (QED) is 0.868. The number of likely N-dealkylation sites (N-methyl/N-ethyl adjacent to an activating group) is 1. The summed E-state index contributed by atoms with van der Waals surface area (Å²) in [6.45, 7) is 2.14. The summed E-state index contributed by atoms with van der Waals surface area (Å²) >= 11 is 0. The van der Waals surface area contributed by atoms with E-state index in [2.05, 4.69) is 46.6 Å². The predicted octanol–water partition coefficient (Wildman–Crippen LogP) is 1.63. The van der Waals surface area contributed by atoms with Gasteiger partial charge < -0.3 is 5.32 Å². The summed E-state index contributed by atoms with van der Waals surface area (Å²) in [6, 6.07) is 8.71. The van der Waals surface area contributed by atoms with Crippen LogP contribution in [0.25, 0.3) is 0 Å². The molecule has 1 atom stereocenters. The van der Waals surface area contributed by atoms with Crippen molar-refractivity contribution in [1.29, 1.82) is 0 Å². The van der Waals surface area contributed by atoms with Crippen molar-refractivity contribution in [3.63, 3.8) is 0 Å². The van der Waals surface area contributed by atoms with E-state index in [9.17, 15) is 0 Å². The van der Waals surface area contributed by atoms with Gasteiger partial charge in [0, 0.05) is 19.5 Å². The normalized spacial score (nSPS) is 12.6. The Bertz CT molecular complexity index is 490. The van der Waals surface area contributed by atoms with Gasteiger partial charge in [-0.2, -0.15) is 5.10 Å². The third kappa shape index (κ3) is 2.53. The molecule has 0 bridgehead atoms. The van der Waals surface area contributed by atoms with Crippen molar-refractivity contribution in [3.05, 3.63) is 47.5 Å². The molecule has 0 spiro atoms. The maximum Gasteiger partial charge on any atom is 0.138 e. The fraction of sp³-hybridized carbons (Fsp3) is 0.385. The summed E-state index contributed by atoms with van der Waals surface area (Å²) in [5.74, 6) is 0.993. The summed E-state index contributed by atoms with van der Waals surface area (Å²) in [5, 5.41) is 7.44. The lowest BCUT2D eigenvalue weighted by Crippen LogP contribution is -2.21. The maximum atomic E-state index is 4.27. The van der Waals surface area contributed by atoms with E-state index in [1.54, 1.807) is 6.33 Å². The molecule has 4 nitrogen and oxygen atoms in total. The third-order valence-electron chi connectivity index (χ3n) is 3.10. The average Bonchev–Trinajstić information content (AvgIpc) is 2.73. The fourth-order valence-electron chi connectivity index (χ4n) is 2.03. The molecule has 1 N–H and O–H groups in total. The molecule has 0 aliphatic rings. The van der Waals surface area contributed by atoms with E-state index in [-0.39, 0.29) is 6.04 Å². The Labute approximate surface area is 102 Å². The van der Waals surface area contributed by atoms with Crippen molar-refractivity contribution >= 4 is 0 Å². The highest BCUT2D eigenvalue weighted by molar-refractivity contribution is 5.29. The van der Waals surface area contributed by atoms with Gasteiger partial charge in [0.25, 0.3) is 0 Å². The van der Waals surface area contributed by atoms with Gasteiger partial charge in [0.05, 0.1) is 0 Å². The smallest absolute Gasteiger partial charge is 0.138 e. The molecule has 2 rings (SSSR count). The summed E-state index contributed by atoms with van der Waals surface area (Å²) in [4.78, 5) is 4.27. The van der Waals surface area contributed by atoms with Crippen LogP contribution in [0.4, 0.5) is 0 Å². The number of hydrogen-bond donors (Lipinski definition) is 1. The van der Waals surface area contributed by atoms with Gasteiger partial charge >= 0.3 is 0 Å². The zero-order valence-electron chi connectivity index (χ0n) is 10.5. The molecule has 90 valence electrons. The van der Waals surface area contributed by atoms with Crippen molar-refractivity contribution in [3.8, 4) is 0 Å². The van der Waals surface area contributed by atoms with E-state index in [1.807, 2.05) is 18.8 Å². The average molecular weight is 230 g/mol. The van der Waals surface area contributed by atoms with Crippen LogP contribution < -0.4 is 5.32 Å². The second-order valence-corrected chi connectivity index (χ2v) is 4.20. The standard InChI is InChI=1S/C13H18N4/c1-10-6-4-5-7-11(10)12(14-2)8-13-15-9-16-17(13)3/h4-7,9,12,14H,8H2,1-3H3. The lowest BCUT2D eigenvalue weighted by molar-refractivity contribution is 0.551. The van der Waals surface area contributed by atoms with Crippen LogP contribution in [0, 0.1) is 6.92 Å². The molecule has 17 heavy (non-hydrogen) atoms. The number of nitrogens with one attached hydrogen (secondary N) is 1. The van der Waals surface area contributed by atoms with E-state index in [1.165, 1.54) is 11.1 Å². The molecule has 1 aromatic heterocycles. The van der Waals surface area contributed by atoms with Gasteiger partial charge in [0.1, 0.15) is 12.2 Å². The molecular formula is C13H18N4. The molecule has 0 aliphatic heterocycles. The molecule has 0 fully saturated rings. The second-order valence-electron chi connectivity index (χ2n) is 4.20. The van der Waals surface area contributed by atoms with E-state index in [4.69, 9.17) is 0 Å². The van der Waals surface area contributed by atoms with Crippen molar-refractivity contribution in [1.82, 2.24) is 20.1 Å². The van der Waals surface area contributed by atoms with E-state index >= 15 is 0 Å². The lowest BCUT2D eigenvalue weighted by Gasteiger charge is -2.18. The van der Waals surface area contributed by atoms with Crippen molar-refractivity contribution in [2.24, 2.45) is 7.05 Å². The van der Waals surface area contributed by atoms with Crippen molar-refractivity contribution in [2.45, 2.75) is 19.4 Å². The first-order valence-electron chi connectivity index (χ1n) is 5.78. The van der Waals surface area contributed by atoms with Crippen LogP contribution in [-0.2, 0) is 13.5 Å². The number of rotatable bonds is 4. The Kier molecular flexibility index (Phi) is 3.54. The Balaban J connectivity index is 2.23. The Morgan fingerprint density at radius 3 is 2.71 bits per heavy atom. The first-order chi connectivity index (χ1) is 8.22. The van der Waals surface area contributed by atoms with E-state index in [0.29, 0.717) is 0 Å². The Morgan fingerprint density at radius 1 is 1.35 bits per heavy atom. The molecule has 1 heterocycles. The minimum atomic E-state index is 0.277. The van der Waals surface area contributed by atoms with Gasteiger partial charge in [-0.3, -0.25) is 4.68 Å². The molecule has 2 aromatic rings. The van der Waals surface area contributed by atoms with Crippen LogP contribution in [0.2, 0.25) is 0 Å². The lowest BCUT2D eigenvalue weighted by atomic mass is 9.99. The monoisotopic (exact) mass is 230 g/mol. The SMILES string of the molecule is CNC(Cc1ncnn1C)c1ccccc1C. The van der Waals surface area contributed by atoms with Crippen LogP contribution in [0.3, 0.4) is 0 Å². The van der Waals surface area contributed by atoms with Gasteiger partial charge in [-0.1, -0.05) is 24.3 Å². The van der Waals surface area contributed by atoms with E-state index in [0.717, 1.165) is 12.2 Å². The zero-order valence-corrected chi connectivity index (χ0v) is 10.5. The van der Waals surface area contributed by atoms with Crippen LogP contribution in [0.1, 0.15) is 23.0 Å². The molecule has 1 aromatic carbocycles. The number of benzene rings is 1. The molecule has 0 saturated heterocycles. The van der Waals surface area contributed by atoms with Gasteiger partial charge in [0.15, 0.2) is 0 Å². The second kappa shape index (κ2) is 5.10. The highest BCUT2D eigenvalue weighted by atomic mass is 15.3. The minimum absolute atomic E-state index is 0.277. The zero-order chi connectivity index (χ0) is 12.3. The first kappa shape index (κ1) is 11.8. The minimum Gasteiger partial charge on any atom is -0.313 e. The fourth-order valence-corrected chi connectivity index (χ4v) is 2.03. The molecule has 0 aliphatic carbocycles. The van der Waals surface area contributed by atoms with Crippen LogP contribution in [-0.4, -0.2) is 21.8 Å². The summed E-state index contributed by atoms with van der Waals surface area (Å²) in [7, 11) is 3.90. The summed E-state index contributed by atoms with van der Waals surface area (Å²) in [6.07, 6.45) is 2.44. The van der Waals surface area contributed by atoms with Crippen molar-refractivity contribution in [2.75, 3.05) is 7.05 Å². The highest BCUT2D eigenvalue weighted by Gasteiger charge is 2.14. The number of aryl methyl sites for hydroxylation is 2. The van der Waals surface area contributed by atoms with Gasteiger partial charge in [0.2, 0.25) is 0 Å². The molecular weight excluding hydrogens is 212 g/mol. The van der Waals surface area contributed by atoms with Gasteiger partial charge in [-0.25, -0.2) is 4.98 Å². The number of hydrogen-bond acceptors (Lipinski definition) is 3. The van der Waals surface area contributed by atoms with E-state index < -0.39 is 0 Å².